The van der Waals surface area contributed by atoms with Crippen molar-refractivity contribution in [1.29, 1.82) is 0 Å². The summed E-state index contributed by atoms with van der Waals surface area (Å²) < 4.78 is 0. The van der Waals surface area contributed by atoms with Crippen molar-refractivity contribution in [3.63, 3.8) is 0 Å². The molecule has 0 aliphatic carbocycles. The molecular formula is C11H8Cl2N6S2. The number of rotatable bonds is 5. The second-order valence-corrected chi connectivity index (χ2v) is 6.39. The molecule has 2 aromatic heterocycles. The van der Waals surface area contributed by atoms with Crippen LogP contribution in [0.4, 0.5) is 10.3 Å². The number of nitrogens with one attached hydrogen (secondary N) is 2. The first kappa shape index (κ1) is 14.5. The highest BCUT2D eigenvalue weighted by Crippen LogP contribution is 2.30. The van der Waals surface area contributed by atoms with Gasteiger partial charge in [0.15, 0.2) is 0 Å². The third-order valence-corrected chi connectivity index (χ3v) is 4.34. The molecule has 0 amide bonds. The SMILES string of the molecule is Clc1ccc(C(Nc2nncs2)Nc2nncs2)c(Cl)c1. The summed E-state index contributed by atoms with van der Waals surface area (Å²) in [6.45, 7) is 0. The van der Waals surface area contributed by atoms with E-state index in [0.717, 1.165) is 5.56 Å². The summed E-state index contributed by atoms with van der Waals surface area (Å²) in [7, 11) is 0. The van der Waals surface area contributed by atoms with E-state index in [-0.39, 0.29) is 6.17 Å². The lowest BCUT2D eigenvalue weighted by Gasteiger charge is -2.20. The molecule has 0 bridgehead atoms. The normalized spacial score (nSPS) is 10.8. The molecule has 108 valence electrons. The zero-order chi connectivity index (χ0) is 14.7. The van der Waals surface area contributed by atoms with E-state index in [0.29, 0.717) is 20.3 Å². The van der Waals surface area contributed by atoms with Crippen molar-refractivity contribution >= 4 is 56.1 Å². The maximum atomic E-state index is 6.27. The highest BCUT2D eigenvalue weighted by atomic mass is 35.5. The van der Waals surface area contributed by atoms with E-state index in [1.807, 2.05) is 6.07 Å². The Kier molecular flexibility index (Phi) is 4.49. The van der Waals surface area contributed by atoms with Crippen LogP contribution in [0.25, 0.3) is 0 Å². The predicted molar refractivity (Wildman–Crippen MR) is 86.3 cm³/mol. The average Bonchev–Trinajstić information content (AvgIpc) is 3.11. The van der Waals surface area contributed by atoms with Gasteiger partial charge in [-0.05, 0) is 12.1 Å². The smallest absolute Gasteiger partial charge is 0.207 e. The standard InChI is InChI=1S/C11H8Cl2N6S2/c12-6-1-2-7(8(13)3-6)9(16-10-18-14-4-20-10)17-11-19-15-5-21-11/h1-5,9H,(H,16,18)(H,17,19). The lowest BCUT2D eigenvalue weighted by Crippen LogP contribution is -2.20. The number of nitrogens with zero attached hydrogens (tertiary/aromatic N) is 4. The van der Waals surface area contributed by atoms with Gasteiger partial charge in [-0.25, -0.2) is 0 Å². The van der Waals surface area contributed by atoms with E-state index in [4.69, 9.17) is 23.2 Å². The van der Waals surface area contributed by atoms with Gasteiger partial charge in [-0.3, -0.25) is 0 Å². The Morgan fingerprint density at radius 1 is 0.952 bits per heavy atom. The summed E-state index contributed by atoms with van der Waals surface area (Å²) in [6.07, 6.45) is -0.323. The Labute approximate surface area is 138 Å². The molecular weight excluding hydrogens is 351 g/mol. The number of benzene rings is 1. The van der Waals surface area contributed by atoms with Crippen LogP contribution in [0, 0.1) is 0 Å². The van der Waals surface area contributed by atoms with Crippen molar-refractivity contribution in [3.05, 3.63) is 44.8 Å². The highest BCUT2D eigenvalue weighted by Gasteiger charge is 2.17. The Morgan fingerprint density at radius 2 is 1.57 bits per heavy atom. The lowest BCUT2D eigenvalue weighted by atomic mass is 10.1. The zero-order valence-electron chi connectivity index (χ0n) is 10.3. The monoisotopic (exact) mass is 358 g/mol. The topological polar surface area (TPSA) is 75.6 Å². The Morgan fingerprint density at radius 3 is 2.05 bits per heavy atom. The van der Waals surface area contributed by atoms with Crippen LogP contribution in [0.3, 0.4) is 0 Å². The molecule has 0 spiro atoms. The van der Waals surface area contributed by atoms with Crippen LogP contribution >= 0.6 is 45.9 Å². The van der Waals surface area contributed by atoms with Gasteiger partial charge in [-0.1, -0.05) is 51.9 Å². The summed E-state index contributed by atoms with van der Waals surface area (Å²) >= 11 is 15.0. The largest absolute Gasteiger partial charge is 0.336 e. The summed E-state index contributed by atoms with van der Waals surface area (Å²) in [5.74, 6) is 0. The summed E-state index contributed by atoms with van der Waals surface area (Å²) in [4.78, 5) is 0. The molecule has 0 atom stereocenters. The molecule has 0 saturated heterocycles. The molecule has 0 fully saturated rings. The highest BCUT2D eigenvalue weighted by molar-refractivity contribution is 7.13. The minimum Gasteiger partial charge on any atom is -0.336 e. The minimum absolute atomic E-state index is 0.323. The molecule has 2 heterocycles. The van der Waals surface area contributed by atoms with Crippen molar-refractivity contribution < 1.29 is 0 Å². The summed E-state index contributed by atoms with van der Waals surface area (Å²) in [6, 6.07) is 5.31. The number of halogens is 2. The zero-order valence-corrected chi connectivity index (χ0v) is 13.5. The van der Waals surface area contributed by atoms with Crippen molar-refractivity contribution in [3.8, 4) is 0 Å². The minimum atomic E-state index is -0.323. The predicted octanol–water partition coefficient (Wildman–Crippen LogP) is 3.92. The number of hydrogen-bond acceptors (Lipinski definition) is 8. The molecule has 3 aromatic rings. The van der Waals surface area contributed by atoms with Gasteiger partial charge < -0.3 is 10.6 Å². The van der Waals surface area contributed by atoms with Crippen molar-refractivity contribution in [1.82, 2.24) is 20.4 Å². The second kappa shape index (κ2) is 6.52. The van der Waals surface area contributed by atoms with Crippen LogP contribution in [0.2, 0.25) is 10.0 Å². The van der Waals surface area contributed by atoms with Gasteiger partial charge in [0.05, 0.1) is 0 Å². The van der Waals surface area contributed by atoms with Crippen molar-refractivity contribution in [2.24, 2.45) is 0 Å². The fraction of sp³-hybridized carbons (Fsp3) is 0.0909. The molecule has 1 aromatic carbocycles. The number of anilines is 2. The van der Waals surface area contributed by atoms with E-state index in [1.165, 1.54) is 22.7 Å². The first-order valence-corrected chi connectivity index (χ1v) is 8.24. The second-order valence-electron chi connectivity index (χ2n) is 3.88. The molecule has 21 heavy (non-hydrogen) atoms. The lowest BCUT2D eigenvalue weighted by molar-refractivity contribution is 0.879. The maximum Gasteiger partial charge on any atom is 0.207 e. The molecule has 3 rings (SSSR count). The Bertz CT molecular complexity index is 667. The summed E-state index contributed by atoms with van der Waals surface area (Å²) in [5.41, 5.74) is 4.12. The fourth-order valence-electron chi connectivity index (χ4n) is 1.65. The Hall–Kier alpha value is -1.48. The molecule has 0 aliphatic heterocycles. The van der Waals surface area contributed by atoms with Crippen LogP contribution in [-0.2, 0) is 0 Å². The van der Waals surface area contributed by atoms with E-state index in [2.05, 4.69) is 31.0 Å². The van der Waals surface area contributed by atoms with Gasteiger partial charge in [0.2, 0.25) is 10.3 Å². The first-order chi connectivity index (χ1) is 10.2. The Balaban J connectivity index is 1.90. The van der Waals surface area contributed by atoms with Crippen LogP contribution in [0.15, 0.2) is 29.2 Å². The van der Waals surface area contributed by atoms with Crippen LogP contribution in [0.5, 0.6) is 0 Å². The number of hydrogen-bond donors (Lipinski definition) is 2. The molecule has 0 radical (unpaired) electrons. The summed E-state index contributed by atoms with van der Waals surface area (Å²) in [5, 5.41) is 24.4. The molecule has 0 saturated carbocycles. The van der Waals surface area contributed by atoms with Crippen LogP contribution < -0.4 is 10.6 Å². The van der Waals surface area contributed by atoms with Gasteiger partial charge >= 0.3 is 0 Å². The van der Waals surface area contributed by atoms with Gasteiger partial charge in [0.1, 0.15) is 17.2 Å². The molecule has 0 aliphatic rings. The molecule has 10 heteroatoms. The first-order valence-electron chi connectivity index (χ1n) is 5.73. The maximum absolute atomic E-state index is 6.27. The van der Waals surface area contributed by atoms with Crippen LogP contribution in [-0.4, -0.2) is 20.4 Å². The fourth-order valence-corrected chi connectivity index (χ4v) is 3.11. The van der Waals surface area contributed by atoms with Crippen molar-refractivity contribution in [2.45, 2.75) is 6.17 Å². The number of aromatic nitrogens is 4. The van der Waals surface area contributed by atoms with Gasteiger partial charge in [-0.15, -0.1) is 20.4 Å². The molecule has 2 N–H and O–H groups in total. The van der Waals surface area contributed by atoms with E-state index in [9.17, 15) is 0 Å². The quantitative estimate of drug-likeness (QED) is 0.673. The third-order valence-electron chi connectivity index (χ3n) is 2.53. The molecule has 6 nitrogen and oxygen atoms in total. The van der Waals surface area contributed by atoms with Gasteiger partial charge in [0, 0.05) is 15.6 Å². The van der Waals surface area contributed by atoms with E-state index in [1.54, 1.807) is 23.2 Å². The van der Waals surface area contributed by atoms with Crippen molar-refractivity contribution in [2.75, 3.05) is 10.6 Å². The van der Waals surface area contributed by atoms with Gasteiger partial charge in [0.25, 0.3) is 0 Å². The average molecular weight is 359 g/mol. The van der Waals surface area contributed by atoms with Crippen LogP contribution in [0.1, 0.15) is 11.7 Å². The van der Waals surface area contributed by atoms with E-state index >= 15 is 0 Å². The van der Waals surface area contributed by atoms with E-state index < -0.39 is 0 Å². The third kappa shape index (κ3) is 3.59. The molecule has 0 unspecified atom stereocenters. The van der Waals surface area contributed by atoms with Gasteiger partial charge in [-0.2, -0.15) is 0 Å².